The first kappa shape index (κ1) is 18.8. The first-order chi connectivity index (χ1) is 12.5. The van der Waals surface area contributed by atoms with Crippen LogP contribution in [-0.2, 0) is 6.61 Å². The molecule has 0 aliphatic carbocycles. The minimum atomic E-state index is -0.260. The quantitative estimate of drug-likeness (QED) is 0.363. The molecule has 5 heteroatoms. The molecule has 0 aliphatic rings. The molecule has 0 aliphatic heterocycles. The second kappa shape index (κ2) is 8.60. The zero-order valence-electron chi connectivity index (χ0n) is 14.0. The molecule has 0 N–H and O–H groups in total. The van der Waals surface area contributed by atoms with Crippen molar-refractivity contribution in [2.75, 3.05) is 0 Å². The molecule has 0 heterocycles. The molecule has 0 radical (unpaired) electrons. The van der Waals surface area contributed by atoms with Crippen molar-refractivity contribution in [3.8, 4) is 5.75 Å². The van der Waals surface area contributed by atoms with Gasteiger partial charge in [0.15, 0.2) is 0 Å². The van der Waals surface area contributed by atoms with Crippen LogP contribution in [0.15, 0.2) is 74.6 Å². The fraction of sp³-hybridized carbons (Fsp3) is 0.0952. The van der Waals surface area contributed by atoms with Gasteiger partial charge < -0.3 is 4.74 Å². The van der Waals surface area contributed by atoms with Crippen LogP contribution >= 0.6 is 31.9 Å². The summed E-state index contributed by atoms with van der Waals surface area (Å²) >= 11 is 7.04. The number of halogens is 3. The summed E-state index contributed by atoms with van der Waals surface area (Å²) in [5, 5.41) is 0. The molecule has 0 bridgehead atoms. The van der Waals surface area contributed by atoms with E-state index < -0.39 is 0 Å². The third kappa shape index (κ3) is 5.02. The fourth-order valence-electron chi connectivity index (χ4n) is 2.34. The second-order valence-corrected chi connectivity index (χ2v) is 7.58. The van der Waals surface area contributed by atoms with Gasteiger partial charge in [-0.15, -0.1) is 0 Å². The lowest BCUT2D eigenvalue weighted by Gasteiger charge is -2.12. The molecule has 2 nitrogen and oxygen atoms in total. The number of benzene rings is 3. The topological polar surface area (TPSA) is 21.6 Å². The van der Waals surface area contributed by atoms with E-state index in [1.807, 2.05) is 43.3 Å². The van der Waals surface area contributed by atoms with E-state index in [9.17, 15) is 4.39 Å². The molecule has 0 saturated heterocycles. The molecule has 0 saturated carbocycles. The molecule has 3 aromatic carbocycles. The summed E-state index contributed by atoms with van der Waals surface area (Å²) in [6.45, 7) is 2.38. The number of hydrogen-bond donors (Lipinski definition) is 0. The Morgan fingerprint density at radius 2 is 1.69 bits per heavy atom. The molecule has 26 heavy (non-hydrogen) atoms. The van der Waals surface area contributed by atoms with Crippen LogP contribution in [0.2, 0.25) is 0 Å². The van der Waals surface area contributed by atoms with Gasteiger partial charge in [-0.1, -0.05) is 45.8 Å². The van der Waals surface area contributed by atoms with Crippen molar-refractivity contribution in [1.82, 2.24) is 0 Å². The Morgan fingerprint density at radius 1 is 1.00 bits per heavy atom. The van der Waals surface area contributed by atoms with Crippen LogP contribution in [0.1, 0.15) is 16.7 Å². The lowest BCUT2D eigenvalue weighted by atomic mass is 10.2. The summed E-state index contributed by atoms with van der Waals surface area (Å²) in [5.74, 6) is 0.429. The molecule has 0 unspecified atom stereocenters. The number of hydrogen-bond acceptors (Lipinski definition) is 2. The minimum absolute atomic E-state index is 0.260. The highest BCUT2D eigenvalue weighted by molar-refractivity contribution is 9.11. The van der Waals surface area contributed by atoms with Crippen molar-refractivity contribution in [1.29, 1.82) is 0 Å². The van der Waals surface area contributed by atoms with Gasteiger partial charge in [0.2, 0.25) is 0 Å². The highest BCUT2D eigenvalue weighted by Gasteiger charge is 2.09. The highest BCUT2D eigenvalue weighted by Crippen LogP contribution is 2.33. The van der Waals surface area contributed by atoms with Crippen molar-refractivity contribution in [2.24, 2.45) is 4.99 Å². The van der Waals surface area contributed by atoms with Crippen molar-refractivity contribution in [3.63, 3.8) is 0 Å². The largest absolute Gasteiger partial charge is 0.487 e. The number of aliphatic imine (C=N–C) groups is 1. The standard InChI is InChI=1S/C21H16Br2FNO/c1-14-2-8-19(9-3-14)25-12-16-10-17(22)11-20(23)21(16)26-13-15-4-6-18(24)7-5-15/h2-12H,13H2,1H3. The van der Waals surface area contributed by atoms with E-state index in [1.165, 1.54) is 17.7 Å². The molecule has 0 spiro atoms. The van der Waals surface area contributed by atoms with Crippen LogP contribution < -0.4 is 4.74 Å². The van der Waals surface area contributed by atoms with Gasteiger partial charge in [-0.25, -0.2) is 4.39 Å². The SMILES string of the molecule is Cc1ccc(N=Cc2cc(Br)cc(Br)c2OCc2ccc(F)cc2)cc1. The maximum absolute atomic E-state index is 13.0. The third-order valence-corrected chi connectivity index (χ3v) is 4.77. The first-order valence-electron chi connectivity index (χ1n) is 7.98. The number of aryl methyl sites for hydroxylation is 1. The Kier molecular flexibility index (Phi) is 6.22. The molecule has 3 rings (SSSR count). The fourth-order valence-corrected chi connectivity index (χ4v) is 3.71. The van der Waals surface area contributed by atoms with Gasteiger partial charge in [0, 0.05) is 16.3 Å². The van der Waals surface area contributed by atoms with Crippen LogP contribution in [0.3, 0.4) is 0 Å². The van der Waals surface area contributed by atoms with Gasteiger partial charge in [-0.2, -0.15) is 0 Å². The van der Waals surface area contributed by atoms with Gasteiger partial charge in [-0.3, -0.25) is 4.99 Å². The van der Waals surface area contributed by atoms with E-state index in [0.717, 1.165) is 25.8 Å². The zero-order valence-corrected chi connectivity index (χ0v) is 17.2. The average Bonchev–Trinajstić information content (AvgIpc) is 2.62. The van der Waals surface area contributed by atoms with Gasteiger partial charge in [0.25, 0.3) is 0 Å². The Bertz CT molecular complexity index is 922. The maximum Gasteiger partial charge on any atom is 0.142 e. The summed E-state index contributed by atoms with van der Waals surface area (Å²) in [7, 11) is 0. The van der Waals surface area contributed by atoms with Gasteiger partial charge in [-0.05, 0) is 64.8 Å². The van der Waals surface area contributed by atoms with E-state index >= 15 is 0 Å². The van der Waals surface area contributed by atoms with Gasteiger partial charge >= 0.3 is 0 Å². The summed E-state index contributed by atoms with van der Waals surface area (Å²) in [4.78, 5) is 4.53. The zero-order chi connectivity index (χ0) is 18.5. The molecule has 0 amide bonds. The normalized spacial score (nSPS) is 11.1. The van der Waals surface area contributed by atoms with Crippen molar-refractivity contribution >= 4 is 43.8 Å². The molecule has 0 fully saturated rings. The van der Waals surface area contributed by atoms with Crippen molar-refractivity contribution in [2.45, 2.75) is 13.5 Å². The van der Waals surface area contributed by atoms with Crippen molar-refractivity contribution in [3.05, 3.63) is 92.1 Å². The summed E-state index contributed by atoms with van der Waals surface area (Å²) in [6, 6.07) is 18.1. The Balaban J connectivity index is 1.84. The average molecular weight is 477 g/mol. The van der Waals surface area contributed by atoms with Crippen LogP contribution in [0.4, 0.5) is 10.1 Å². The lowest BCUT2D eigenvalue weighted by molar-refractivity contribution is 0.303. The third-order valence-electron chi connectivity index (χ3n) is 3.72. The molecule has 0 aromatic heterocycles. The molecule has 132 valence electrons. The monoisotopic (exact) mass is 475 g/mol. The van der Waals surface area contributed by atoms with E-state index in [-0.39, 0.29) is 5.82 Å². The minimum Gasteiger partial charge on any atom is -0.487 e. The van der Waals surface area contributed by atoms with Crippen LogP contribution in [0.5, 0.6) is 5.75 Å². The van der Waals surface area contributed by atoms with Crippen LogP contribution in [0, 0.1) is 12.7 Å². The maximum atomic E-state index is 13.0. The first-order valence-corrected chi connectivity index (χ1v) is 9.57. The van der Waals surface area contributed by atoms with E-state index in [0.29, 0.717) is 12.4 Å². The number of ether oxygens (including phenoxy) is 1. The van der Waals surface area contributed by atoms with Crippen molar-refractivity contribution < 1.29 is 9.13 Å². The van der Waals surface area contributed by atoms with E-state index in [1.54, 1.807) is 18.3 Å². The predicted octanol–water partition coefficient (Wildman–Crippen LogP) is 6.99. The number of nitrogens with zero attached hydrogens (tertiary/aromatic N) is 1. The summed E-state index contributed by atoms with van der Waals surface area (Å²) in [6.07, 6.45) is 1.78. The van der Waals surface area contributed by atoms with Gasteiger partial charge in [0.1, 0.15) is 18.2 Å². The summed E-state index contributed by atoms with van der Waals surface area (Å²) < 4.78 is 20.8. The Hall–Kier alpha value is -1.98. The van der Waals surface area contributed by atoms with E-state index in [4.69, 9.17) is 4.74 Å². The predicted molar refractivity (Wildman–Crippen MR) is 111 cm³/mol. The van der Waals surface area contributed by atoms with Gasteiger partial charge in [0.05, 0.1) is 10.2 Å². The molecule has 0 atom stereocenters. The lowest BCUT2D eigenvalue weighted by Crippen LogP contribution is -2.00. The van der Waals surface area contributed by atoms with E-state index in [2.05, 4.69) is 36.9 Å². The van der Waals surface area contributed by atoms with Crippen LogP contribution in [-0.4, -0.2) is 6.21 Å². The molecule has 3 aromatic rings. The number of rotatable bonds is 5. The molecular formula is C21H16Br2FNO. The van der Waals surface area contributed by atoms with Crippen LogP contribution in [0.25, 0.3) is 0 Å². The Labute approximate surface area is 169 Å². The second-order valence-electron chi connectivity index (χ2n) is 5.81. The highest BCUT2D eigenvalue weighted by atomic mass is 79.9. The smallest absolute Gasteiger partial charge is 0.142 e. The summed E-state index contributed by atoms with van der Waals surface area (Å²) in [5.41, 5.74) is 3.80. The molecular weight excluding hydrogens is 461 g/mol. The Morgan fingerprint density at radius 3 is 2.38 bits per heavy atom.